The summed E-state index contributed by atoms with van der Waals surface area (Å²) < 4.78 is 5.75. The largest absolute Gasteiger partial charge is 0.483 e. The number of hydrogen-bond donors (Lipinski definition) is 1. The Kier molecular flexibility index (Phi) is 5.63. The highest BCUT2D eigenvalue weighted by atomic mass is 35.5. The van der Waals surface area contributed by atoms with Crippen molar-refractivity contribution in [2.45, 2.75) is 12.5 Å². The van der Waals surface area contributed by atoms with Crippen molar-refractivity contribution in [2.24, 2.45) is 0 Å². The van der Waals surface area contributed by atoms with Gasteiger partial charge in [-0.25, -0.2) is 0 Å². The van der Waals surface area contributed by atoms with Crippen LogP contribution in [0.3, 0.4) is 0 Å². The highest BCUT2D eigenvalue weighted by Gasteiger charge is 2.23. The lowest BCUT2D eigenvalue weighted by atomic mass is 10.1. The maximum Gasteiger partial charge on any atom is 0.260 e. The van der Waals surface area contributed by atoms with E-state index in [1.54, 1.807) is 4.90 Å². The first kappa shape index (κ1) is 16.6. The van der Waals surface area contributed by atoms with E-state index in [1.807, 2.05) is 49.5 Å². The molecule has 0 radical (unpaired) electrons. The van der Waals surface area contributed by atoms with Crippen molar-refractivity contribution in [1.29, 1.82) is 0 Å². The van der Waals surface area contributed by atoms with E-state index in [9.17, 15) is 4.79 Å². The average molecular weight is 321 g/mol. The third-order valence-corrected chi connectivity index (χ3v) is 4.08. The number of carbonyl (C=O) groups is 1. The number of carbonyl (C=O) groups excluding carboxylic acids is 1. The van der Waals surface area contributed by atoms with Gasteiger partial charge in [0, 0.05) is 25.0 Å². The number of halogens is 1. The van der Waals surface area contributed by atoms with Gasteiger partial charge in [0.15, 0.2) is 6.61 Å². The molecule has 1 aliphatic heterocycles. The number of amides is 1. The number of nitrogens with zero attached hydrogens (tertiary/aromatic N) is 1. The van der Waals surface area contributed by atoms with E-state index in [0.717, 1.165) is 36.0 Å². The molecule has 22 heavy (non-hydrogen) atoms. The zero-order chi connectivity index (χ0) is 14.7. The van der Waals surface area contributed by atoms with Crippen LogP contribution in [0, 0.1) is 0 Å². The van der Waals surface area contributed by atoms with Crippen LogP contribution in [0.25, 0.3) is 10.8 Å². The summed E-state index contributed by atoms with van der Waals surface area (Å²) in [6.07, 6.45) is 1.01. The molecule has 2 aromatic rings. The standard InChI is InChI=1S/C17H20N2O2.ClH/c1-19(14-9-10-18-11-14)17(20)12-21-16-8-4-6-13-5-2-3-7-15(13)16;/h2-8,14,18H,9-12H2,1H3;1H. The summed E-state index contributed by atoms with van der Waals surface area (Å²) in [7, 11) is 1.85. The molecule has 118 valence electrons. The van der Waals surface area contributed by atoms with Crippen molar-refractivity contribution in [3.8, 4) is 5.75 Å². The lowest BCUT2D eigenvalue weighted by molar-refractivity contribution is -0.133. The van der Waals surface area contributed by atoms with Crippen molar-refractivity contribution in [2.75, 3.05) is 26.7 Å². The molecule has 0 aliphatic carbocycles. The van der Waals surface area contributed by atoms with E-state index >= 15 is 0 Å². The number of hydrogen-bond acceptors (Lipinski definition) is 3. The van der Waals surface area contributed by atoms with Gasteiger partial charge in [0.1, 0.15) is 5.75 Å². The number of benzene rings is 2. The fraction of sp³-hybridized carbons (Fsp3) is 0.353. The van der Waals surface area contributed by atoms with Crippen LogP contribution in [0.5, 0.6) is 5.75 Å². The van der Waals surface area contributed by atoms with Crippen LogP contribution in [0.4, 0.5) is 0 Å². The molecule has 1 fully saturated rings. The maximum atomic E-state index is 12.2. The van der Waals surface area contributed by atoms with Gasteiger partial charge in [-0.3, -0.25) is 4.79 Å². The second-order valence-electron chi connectivity index (χ2n) is 5.42. The Balaban J connectivity index is 0.00000176. The van der Waals surface area contributed by atoms with Crippen LogP contribution in [0.2, 0.25) is 0 Å². The first-order valence-electron chi connectivity index (χ1n) is 7.32. The molecule has 0 bridgehead atoms. The smallest absolute Gasteiger partial charge is 0.260 e. The number of nitrogens with one attached hydrogen (secondary N) is 1. The SMILES string of the molecule is CN(C(=O)COc1cccc2ccccc12)C1CCNC1.Cl. The summed E-state index contributed by atoms with van der Waals surface area (Å²) in [6.45, 7) is 1.93. The minimum absolute atomic E-state index is 0. The van der Waals surface area contributed by atoms with Crippen molar-refractivity contribution in [3.05, 3.63) is 42.5 Å². The Hall–Kier alpha value is -1.78. The third-order valence-electron chi connectivity index (χ3n) is 4.08. The monoisotopic (exact) mass is 320 g/mol. The number of rotatable bonds is 4. The van der Waals surface area contributed by atoms with Gasteiger partial charge in [-0.2, -0.15) is 0 Å². The molecule has 1 heterocycles. The van der Waals surface area contributed by atoms with Crippen LogP contribution in [0.15, 0.2) is 42.5 Å². The van der Waals surface area contributed by atoms with Gasteiger partial charge in [-0.05, 0) is 24.4 Å². The van der Waals surface area contributed by atoms with Gasteiger partial charge in [0.05, 0.1) is 0 Å². The Bertz CT molecular complexity index is 636. The van der Waals surface area contributed by atoms with Gasteiger partial charge in [0.25, 0.3) is 5.91 Å². The first-order valence-corrected chi connectivity index (χ1v) is 7.32. The fourth-order valence-electron chi connectivity index (χ4n) is 2.74. The van der Waals surface area contributed by atoms with Crippen molar-refractivity contribution >= 4 is 29.1 Å². The molecule has 1 saturated heterocycles. The number of likely N-dealkylation sites (N-methyl/N-ethyl adjacent to an activating group) is 1. The summed E-state index contributed by atoms with van der Waals surface area (Å²) in [5.41, 5.74) is 0. The summed E-state index contributed by atoms with van der Waals surface area (Å²) in [5.74, 6) is 0.788. The molecule has 1 N–H and O–H groups in total. The molecule has 0 saturated carbocycles. The highest BCUT2D eigenvalue weighted by molar-refractivity contribution is 5.88. The average Bonchev–Trinajstić information content (AvgIpc) is 3.06. The van der Waals surface area contributed by atoms with Crippen molar-refractivity contribution < 1.29 is 9.53 Å². The van der Waals surface area contributed by atoms with Gasteiger partial charge in [-0.15, -0.1) is 12.4 Å². The van der Waals surface area contributed by atoms with Gasteiger partial charge in [-0.1, -0.05) is 36.4 Å². The topological polar surface area (TPSA) is 41.6 Å². The van der Waals surface area contributed by atoms with E-state index in [4.69, 9.17) is 4.74 Å². The second kappa shape index (κ2) is 7.47. The quantitative estimate of drug-likeness (QED) is 0.941. The van der Waals surface area contributed by atoms with Crippen LogP contribution in [0.1, 0.15) is 6.42 Å². The summed E-state index contributed by atoms with van der Waals surface area (Å²) in [6, 6.07) is 14.2. The van der Waals surface area contributed by atoms with E-state index in [1.165, 1.54) is 0 Å². The second-order valence-corrected chi connectivity index (χ2v) is 5.42. The Morgan fingerprint density at radius 2 is 2.05 bits per heavy atom. The zero-order valence-corrected chi connectivity index (χ0v) is 13.4. The lowest BCUT2D eigenvalue weighted by Crippen LogP contribution is -2.40. The Morgan fingerprint density at radius 1 is 1.27 bits per heavy atom. The van der Waals surface area contributed by atoms with Gasteiger partial charge >= 0.3 is 0 Å². The first-order chi connectivity index (χ1) is 10.3. The molecule has 1 unspecified atom stereocenters. The molecular weight excluding hydrogens is 300 g/mol. The minimum atomic E-state index is 0. The molecular formula is C17H21ClN2O2. The molecule has 2 aromatic carbocycles. The predicted molar refractivity (Wildman–Crippen MR) is 90.7 cm³/mol. The molecule has 1 aliphatic rings. The van der Waals surface area contributed by atoms with Crippen LogP contribution < -0.4 is 10.1 Å². The molecule has 3 rings (SSSR count). The minimum Gasteiger partial charge on any atom is -0.483 e. The third kappa shape index (κ3) is 3.51. The Morgan fingerprint density at radius 3 is 2.82 bits per heavy atom. The number of ether oxygens (including phenoxy) is 1. The van der Waals surface area contributed by atoms with Crippen molar-refractivity contribution in [1.82, 2.24) is 10.2 Å². The van der Waals surface area contributed by atoms with Crippen LogP contribution >= 0.6 is 12.4 Å². The summed E-state index contributed by atoms with van der Waals surface area (Å²) >= 11 is 0. The van der Waals surface area contributed by atoms with Crippen molar-refractivity contribution in [3.63, 3.8) is 0 Å². The molecule has 1 amide bonds. The van der Waals surface area contributed by atoms with Gasteiger partial charge in [0.2, 0.25) is 0 Å². The molecule has 0 aromatic heterocycles. The van der Waals surface area contributed by atoms with Crippen LogP contribution in [-0.4, -0.2) is 43.6 Å². The molecule has 1 atom stereocenters. The molecule has 4 nitrogen and oxygen atoms in total. The number of fused-ring (bicyclic) bond motifs is 1. The normalized spacial score (nSPS) is 17.0. The lowest BCUT2D eigenvalue weighted by Gasteiger charge is -2.23. The van der Waals surface area contributed by atoms with E-state index < -0.39 is 0 Å². The summed E-state index contributed by atoms with van der Waals surface area (Å²) in [5, 5.41) is 5.43. The van der Waals surface area contributed by atoms with Crippen LogP contribution in [-0.2, 0) is 4.79 Å². The van der Waals surface area contributed by atoms with Gasteiger partial charge < -0.3 is 15.0 Å². The maximum absolute atomic E-state index is 12.2. The van der Waals surface area contributed by atoms with E-state index in [-0.39, 0.29) is 31.0 Å². The zero-order valence-electron chi connectivity index (χ0n) is 12.6. The molecule has 0 spiro atoms. The summed E-state index contributed by atoms with van der Waals surface area (Å²) in [4.78, 5) is 14.0. The van der Waals surface area contributed by atoms with E-state index in [0.29, 0.717) is 0 Å². The predicted octanol–water partition coefficient (Wildman–Crippen LogP) is 2.46. The fourth-order valence-corrected chi connectivity index (χ4v) is 2.74. The van der Waals surface area contributed by atoms with E-state index in [2.05, 4.69) is 5.32 Å². The molecule has 5 heteroatoms. The highest BCUT2D eigenvalue weighted by Crippen LogP contribution is 2.25. The Labute approximate surface area is 136 Å².